The van der Waals surface area contributed by atoms with Crippen molar-refractivity contribution < 1.29 is 30.8 Å². The zero-order valence-corrected chi connectivity index (χ0v) is 21.5. The third kappa shape index (κ3) is 6.24. The second-order valence-electron chi connectivity index (χ2n) is 9.64. The van der Waals surface area contributed by atoms with Crippen LogP contribution in [0.5, 0.6) is 0 Å². The number of carbonyl (C=O) groups is 1. The van der Waals surface area contributed by atoms with Gasteiger partial charge in [-0.15, -0.1) is 0 Å². The first-order valence-corrected chi connectivity index (χ1v) is 13.8. The van der Waals surface area contributed by atoms with E-state index in [4.69, 9.17) is 0 Å². The normalized spacial score (nSPS) is 21.6. The molecule has 2 saturated heterocycles. The Kier molecular flexibility index (Phi) is 7.82. The van der Waals surface area contributed by atoms with Crippen LogP contribution in [0.3, 0.4) is 0 Å². The van der Waals surface area contributed by atoms with Crippen LogP contribution in [0.2, 0.25) is 0 Å². The summed E-state index contributed by atoms with van der Waals surface area (Å²) < 4.78 is 78.4. The molecule has 0 N–H and O–H groups in total. The van der Waals surface area contributed by atoms with E-state index < -0.39 is 27.6 Å². The molecule has 2 unspecified atom stereocenters. The molecular formula is C25H30F4N4O3S. The number of likely N-dealkylation sites (tertiary alicyclic amines) is 1. The van der Waals surface area contributed by atoms with Crippen molar-refractivity contribution in [2.45, 2.75) is 24.7 Å². The van der Waals surface area contributed by atoms with Crippen LogP contribution in [-0.2, 0) is 22.7 Å². The first kappa shape index (κ1) is 27.3. The molecule has 2 heterocycles. The first-order valence-electron chi connectivity index (χ1n) is 11.9. The Hall–Kier alpha value is -2.70. The largest absolute Gasteiger partial charge is 0.416 e. The number of piperazine rings is 1. The number of sulfonamides is 1. The monoisotopic (exact) mass is 542 g/mol. The molecule has 2 aromatic rings. The minimum atomic E-state index is -4.62. The molecule has 0 aromatic heterocycles. The summed E-state index contributed by atoms with van der Waals surface area (Å²) in [6, 6.07) is 11.8. The Morgan fingerprint density at radius 2 is 1.65 bits per heavy atom. The molecule has 2 amide bonds. The number of likely N-dealkylation sites (N-methyl/N-ethyl adjacent to an activating group) is 1. The van der Waals surface area contributed by atoms with Crippen LogP contribution < -0.4 is 0 Å². The summed E-state index contributed by atoms with van der Waals surface area (Å²) in [4.78, 5) is 18.6. The van der Waals surface area contributed by atoms with Crippen molar-refractivity contribution in [2.75, 3.05) is 52.6 Å². The van der Waals surface area contributed by atoms with Crippen LogP contribution in [0.25, 0.3) is 0 Å². The summed E-state index contributed by atoms with van der Waals surface area (Å²) in [5, 5.41) is 0. The Morgan fingerprint density at radius 1 is 1.00 bits per heavy atom. The average molecular weight is 543 g/mol. The van der Waals surface area contributed by atoms with E-state index in [-0.39, 0.29) is 56.3 Å². The Morgan fingerprint density at radius 3 is 2.22 bits per heavy atom. The van der Waals surface area contributed by atoms with Gasteiger partial charge in [0.1, 0.15) is 5.82 Å². The van der Waals surface area contributed by atoms with Gasteiger partial charge in [-0.25, -0.2) is 17.6 Å². The topological polar surface area (TPSA) is 64.2 Å². The highest BCUT2D eigenvalue weighted by atomic mass is 32.2. The van der Waals surface area contributed by atoms with Gasteiger partial charge in [0.05, 0.1) is 11.8 Å². The SMILES string of the molecule is CN(Cc1ccc(C(F)(F)F)cc1F)C1CN(C(=O)N2CCN(S(C)(=O)=O)CC2)CC1c1ccccc1. The quantitative estimate of drug-likeness (QED) is 0.544. The molecule has 0 spiro atoms. The first-order chi connectivity index (χ1) is 17.3. The minimum Gasteiger partial charge on any atom is -0.322 e. The second-order valence-corrected chi connectivity index (χ2v) is 11.6. The summed E-state index contributed by atoms with van der Waals surface area (Å²) in [5.74, 6) is -1.02. The summed E-state index contributed by atoms with van der Waals surface area (Å²) in [6.07, 6.45) is -3.47. The molecule has 2 aliphatic rings. The van der Waals surface area contributed by atoms with E-state index in [0.29, 0.717) is 19.2 Å². The molecule has 2 aliphatic heterocycles. The van der Waals surface area contributed by atoms with Crippen molar-refractivity contribution in [3.8, 4) is 0 Å². The predicted molar refractivity (Wildman–Crippen MR) is 131 cm³/mol. The van der Waals surface area contributed by atoms with E-state index in [1.807, 2.05) is 35.2 Å². The van der Waals surface area contributed by atoms with Gasteiger partial charge >= 0.3 is 12.2 Å². The van der Waals surface area contributed by atoms with Gasteiger partial charge in [-0.3, -0.25) is 4.90 Å². The van der Waals surface area contributed by atoms with E-state index in [0.717, 1.165) is 24.0 Å². The van der Waals surface area contributed by atoms with Gasteiger partial charge < -0.3 is 9.80 Å². The number of amides is 2. The maximum atomic E-state index is 14.6. The number of rotatable bonds is 5. The Labute approximate surface area is 214 Å². The molecule has 0 radical (unpaired) electrons. The maximum absolute atomic E-state index is 14.6. The molecule has 12 heteroatoms. The molecule has 2 fully saturated rings. The van der Waals surface area contributed by atoms with Crippen molar-refractivity contribution in [1.29, 1.82) is 0 Å². The van der Waals surface area contributed by atoms with Crippen molar-refractivity contribution >= 4 is 16.1 Å². The van der Waals surface area contributed by atoms with Crippen LogP contribution >= 0.6 is 0 Å². The lowest BCUT2D eigenvalue weighted by molar-refractivity contribution is -0.137. The highest BCUT2D eigenvalue weighted by molar-refractivity contribution is 7.88. The standard InChI is InChI=1S/C25H30F4N4O3S/c1-30(15-19-8-9-20(14-22(19)26)25(27,28)29)23-17-32(16-21(23)18-6-4-3-5-7-18)24(34)31-10-12-33(13-11-31)37(2,35)36/h3-9,14,21,23H,10-13,15-17H2,1-2H3. The van der Waals surface area contributed by atoms with Gasteiger partial charge in [-0.1, -0.05) is 36.4 Å². The number of hydrogen-bond acceptors (Lipinski definition) is 4. The third-order valence-corrected chi connectivity index (χ3v) is 8.43. The van der Waals surface area contributed by atoms with Gasteiger partial charge in [-0.05, 0) is 24.7 Å². The number of benzene rings is 2. The lowest BCUT2D eigenvalue weighted by atomic mass is 9.93. The number of hydrogen-bond donors (Lipinski definition) is 0. The zero-order chi connectivity index (χ0) is 27.0. The van der Waals surface area contributed by atoms with E-state index in [1.165, 1.54) is 4.31 Å². The van der Waals surface area contributed by atoms with Crippen LogP contribution in [-0.4, -0.2) is 92.1 Å². The molecule has 4 rings (SSSR count). The highest BCUT2D eigenvalue weighted by Gasteiger charge is 2.40. The lowest BCUT2D eigenvalue weighted by Gasteiger charge is -2.35. The van der Waals surface area contributed by atoms with Gasteiger partial charge in [0.15, 0.2) is 0 Å². The maximum Gasteiger partial charge on any atom is 0.416 e. The van der Waals surface area contributed by atoms with E-state index in [9.17, 15) is 30.8 Å². The molecule has 0 aliphatic carbocycles. The number of urea groups is 1. The summed E-state index contributed by atoms with van der Waals surface area (Å²) >= 11 is 0. The summed E-state index contributed by atoms with van der Waals surface area (Å²) in [5.41, 5.74) is 0.112. The Balaban J connectivity index is 1.50. The zero-order valence-electron chi connectivity index (χ0n) is 20.7. The molecule has 0 saturated carbocycles. The Bertz CT molecular complexity index is 1220. The second kappa shape index (κ2) is 10.6. The highest BCUT2D eigenvalue weighted by Crippen LogP contribution is 2.34. The number of halogens is 4. The van der Waals surface area contributed by atoms with Gasteiger partial charge in [0.25, 0.3) is 0 Å². The molecule has 2 aromatic carbocycles. The van der Waals surface area contributed by atoms with Crippen LogP contribution in [0.4, 0.5) is 22.4 Å². The van der Waals surface area contributed by atoms with Crippen LogP contribution in [0.15, 0.2) is 48.5 Å². The number of nitrogens with zero attached hydrogens (tertiary/aromatic N) is 4. The fourth-order valence-electron chi connectivity index (χ4n) is 5.07. The fraction of sp³-hybridized carbons (Fsp3) is 0.480. The van der Waals surface area contributed by atoms with Crippen LogP contribution in [0, 0.1) is 5.82 Å². The van der Waals surface area contributed by atoms with Crippen LogP contribution in [0.1, 0.15) is 22.6 Å². The van der Waals surface area contributed by atoms with E-state index in [2.05, 4.69) is 0 Å². The number of carbonyl (C=O) groups excluding carboxylic acids is 1. The molecule has 0 bridgehead atoms. The van der Waals surface area contributed by atoms with E-state index >= 15 is 0 Å². The van der Waals surface area contributed by atoms with Crippen molar-refractivity contribution in [3.05, 3.63) is 71.0 Å². The molecule has 37 heavy (non-hydrogen) atoms. The van der Waals surface area contributed by atoms with Gasteiger partial charge in [0.2, 0.25) is 10.0 Å². The van der Waals surface area contributed by atoms with E-state index in [1.54, 1.807) is 16.8 Å². The molecular weight excluding hydrogens is 512 g/mol. The average Bonchev–Trinajstić information content (AvgIpc) is 3.30. The van der Waals surface area contributed by atoms with Gasteiger partial charge in [-0.2, -0.15) is 17.5 Å². The van der Waals surface area contributed by atoms with Crippen molar-refractivity contribution in [2.24, 2.45) is 0 Å². The van der Waals surface area contributed by atoms with Crippen molar-refractivity contribution in [1.82, 2.24) is 19.0 Å². The van der Waals surface area contributed by atoms with Crippen molar-refractivity contribution in [3.63, 3.8) is 0 Å². The minimum absolute atomic E-state index is 0.0764. The summed E-state index contributed by atoms with van der Waals surface area (Å²) in [6.45, 7) is 1.88. The predicted octanol–water partition coefficient (Wildman–Crippen LogP) is 3.44. The lowest BCUT2D eigenvalue weighted by Crippen LogP contribution is -2.53. The summed E-state index contributed by atoms with van der Waals surface area (Å²) in [7, 11) is -1.55. The smallest absolute Gasteiger partial charge is 0.322 e. The molecule has 7 nitrogen and oxygen atoms in total. The third-order valence-electron chi connectivity index (χ3n) is 7.13. The molecule has 2 atom stereocenters. The fourth-order valence-corrected chi connectivity index (χ4v) is 5.89. The number of alkyl halides is 3. The van der Waals surface area contributed by atoms with Gasteiger partial charge in [0, 0.05) is 63.3 Å². The molecule has 202 valence electrons.